The van der Waals surface area contributed by atoms with Crippen LogP contribution in [0.15, 0.2) is 12.1 Å². The number of rotatable bonds is 2. The summed E-state index contributed by atoms with van der Waals surface area (Å²) >= 11 is 7.86. The summed E-state index contributed by atoms with van der Waals surface area (Å²) in [4.78, 5) is 18.2. The number of amides is 1. The highest BCUT2D eigenvalue weighted by molar-refractivity contribution is 7.22. The lowest BCUT2D eigenvalue weighted by atomic mass is 10.1. The number of nitrogens with one attached hydrogen (secondary N) is 1. The Morgan fingerprint density at radius 3 is 3.10 bits per heavy atom. The van der Waals surface area contributed by atoms with Crippen LogP contribution in [0, 0.1) is 6.92 Å². The van der Waals surface area contributed by atoms with Crippen LogP contribution in [0.1, 0.15) is 25.3 Å². The number of hydrogen-bond acceptors (Lipinski definition) is 4. The highest BCUT2D eigenvalue weighted by Crippen LogP contribution is 2.34. The van der Waals surface area contributed by atoms with Gasteiger partial charge in [0, 0.05) is 31.1 Å². The van der Waals surface area contributed by atoms with Gasteiger partial charge in [-0.1, -0.05) is 22.9 Å². The number of benzene rings is 1. The van der Waals surface area contributed by atoms with Gasteiger partial charge < -0.3 is 10.2 Å². The lowest BCUT2D eigenvalue weighted by Gasteiger charge is -2.32. The fourth-order valence-electron chi connectivity index (χ4n) is 2.78. The van der Waals surface area contributed by atoms with Gasteiger partial charge in [0.15, 0.2) is 5.13 Å². The molecule has 3 rings (SSSR count). The quantitative estimate of drug-likeness (QED) is 0.921. The van der Waals surface area contributed by atoms with Crippen molar-refractivity contribution in [2.24, 2.45) is 0 Å². The molecule has 0 spiro atoms. The molecule has 2 heterocycles. The zero-order chi connectivity index (χ0) is 15.0. The SMILES string of the molecule is CC(=O)NC1CCCN(c2nc3c(C)c(Cl)ccc3s2)C1. The summed E-state index contributed by atoms with van der Waals surface area (Å²) in [5.41, 5.74) is 2.02. The predicted octanol–water partition coefficient (Wildman–Crippen LogP) is 3.36. The number of piperidine rings is 1. The fourth-order valence-corrected chi connectivity index (χ4v) is 3.99. The van der Waals surface area contributed by atoms with E-state index in [1.807, 2.05) is 19.1 Å². The van der Waals surface area contributed by atoms with Crippen molar-refractivity contribution in [3.05, 3.63) is 22.7 Å². The largest absolute Gasteiger partial charge is 0.352 e. The van der Waals surface area contributed by atoms with E-state index in [2.05, 4.69) is 10.2 Å². The molecule has 1 atom stereocenters. The van der Waals surface area contributed by atoms with Crippen molar-refractivity contribution in [3.63, 3.8) is 0 Å². The number of fused-ring (bicyclic) bond motifs is 1. The van der Waals surface area contributed by atoms with Crippen molar-refractivity contribution >= 4 is 44.2 Å². The highest BCUT2D eigenvalue weighted by atomic mass is 35.5. The van der Waals surface area contributed by atoms with Crippen LogP contribution in [0.5, 0.6) is 0 Å². The molecule has 21 heavy (non-hydrogen) atoms. The van der Waals surface area contributed by atoms with Gasteiger partial charge in [-0.05, 0) is 37.5 Å². The summed E-state index contributed by atoms with van der Waals surface area (Å²) in [6, 6.07) is 4.17. The normalized spacial score (nSPS) is 19.0. The van der Waals surface area contributed by atoms with Crippen LogP contribution < -0.4 is 10.2 Å². The molecular weight excluding hydrogens is 306 g/mol. The van der Waals surface area contributed by atoms with Gasteiger partial charge in [-0.2, -0.15) is 0 Å². The Bertz CT molecular complexity index is 685. The third-order valence-electron chi connectivity index (χ3n) is 3.84. The van der Waals surface area contributed by atoms with Crippen LogP contribution in [0.4, 0.5) is 5.13 Å². The van der Waals surface area contributed by atoms with E-state index in [-0.39, 0.29) is 11.9 Å². The molecule has 0 radical (unpaired) electrons. The molecule has 1 aromatic heterocycles. The van der Waals surface area contributed by atoms with E-state index in [1.165, 1.54) is 0 Å². The number of nitrogens with zero attached hydrogens (tertiary/aromatic N) is 2. The minimum Gasteiger partial charge on any atom is -0.352 e. The second-order valence-corrected chi connectivity index (χ2v) is 6.92. The van der Waals surface area contributed by atoms with Crippen molar-refractivity contribution in [1.82, 2.24) is 10.3 Å². The maximum atomic E-state index is 11.2. The van der Waals surface area contributed by atoms with E-state index in [9.17, 15) is 4.79 Å². The topological polar surface area (TPSA) is 45.2 Å². The third-order valence-corrected chi connectivity index (χ3v) is 5.33. The summed E-state index contributed by atoms with van der Waals surface area (Å²) in [5, 5.41) is 4.79. The Morgan fingerprint density at radius 1 is 1.52 bits per heavy atom. The summed E-state index contributed by atoms with van der Waals surface area (Å²) < 4.78 is 1.16. The number of anilines is 1. The van der Waals surface area contributed by atoms with Crippen LogP contribution >= 0.6 is 22.9 Å². The first-order valence-corrected chi connectivity index (χ1v) is 8.31. The first kappa shape index (κ1) is 14.6. The van der Waals surface area contributed by atoms with Crippen LogP contribution in [0.3, 0.4) is 0 Å². The molecule has 1 N–H and O–H groups in total. The van der Waals surface area contributed by atoms with Gasteiger partial charge in [-0.15, -0.1) is 0 Å². The number of thiazole rings is 1. The van der Waals surface area contributed by atoms with Crippen molar-refractivity contribution in [2.45, 2.75) is 32.7 Å². The molecule has 112 valence electrons. The number of halogens is 1. The maximum absolute atomic E-state index is 11.2. The van der Waals surface area contributed by atoms with Crippen LogP contribution in [0.25, 0.3) is 10.2 Å². The minimum atomic E-state index is 0.0359. The second kappa shape index (κ2) is 5.81. The predicted molar refractivity (Wildman–Crippen MR) is 88.4 cm³/mol. The van der Waals surface area contributed by atoms with Crippen molar-refractivity contribution in [3.8, 4) is 0 Å². The zero-order valence-electron chi connectivity index (χ0n) is 12.1. The molecule has 1 amide bonds. The molecule has 6 heteroatoms. The van der Waals surface area contributed by atoms with E-state index in [0.29, 0.717) is 0 Å². The lowest BCUT2D eigenvalue weighted by Crippen LogP contribution is -2.47. The van der Waals surface area contributed by atoms with Crippen molar-refractivity contribution in [1.29, 1.82) is 0 Å². The van der Waals surface area contributed by atoms with Crippen LogP contribution in [-0.2, 0) is 4.79 Å². The number of carbonyl (C=O) groups excluding carboxylic acids is 1. The number of hydrogen-bond donors (Lipinski definition) is 1. The summed E-state index contributed by atoms with van der Waals surface area (Å²) in [7, 11) is 0. The Hall–Kier alpha value is -1.33. The fraction of sp³-hybridized carbons (Fsp3) is 0.467. The van der Waals surface area contributed by atoms with Crippen LogP contribution in [0.2, 0.25) is 5.02 Å². The van der Waals surface area contributed by atoms with Crippen molar-refractivity contribution < 1.29 is 4.79 Å². The van der Waals surface area contributed by atoms with E-state index in [4.69, 9.17) is 16.6 Å². The van der Waals surface area contributed by atoms with Gasteiger partial charge in [0.2, 0.25) is 5.91 Å². The first-order chi connectivity index (χ1) is 10.0. The molecule has 2 aromatic rings. The molecule has 4 nitrogen and oxygen atoms in total. The smallest absolute Gasteiger partial charge is 0.217 e. The summed E-state index contributed by atoms with van der Waals surface area (Å²) in [6.07, 6.45) is 2.10. The average molecular weight is 324 g/mol. The van der Waals surface area contributed by atoms with E-state index >= 15 is 0 Å². The first-order valence-electron chi connectivity index (χ1n) is 7.12. The highest BCUT2D eigenvalue weighted by Gasteiger charge is 2.23. The van der Waals surface area contributed by atoms with Gasteiger partial charge in [-0.3, -0.25) is 4.79 Å². The molecule has 0 saturated carbocycles. The molecule has 1 aliphatic heterocycles. The summed E-state index contributed by atoms with van der Waals surface area (Å²) in [6.45, 7) is 5.39. The van der Waals surface area contributed by atoms with Gasteiger partial charge >= 0.3 is 0 Å². The Kier molecular flexibility index (Phi) is 4.04. The van der Waals surface area contributed by atoms with Gasteiger partial charge in [-0.25, -0.2) is 4.98 Å². The minimum absolute atomic E-state index is 0.0359. The molecule has 1 unspecified atom stereocenters. The Balaban J connectivity index is 1.86. The number of aromatic nitrogens is 1. The number of aryl methyl sites for hydroxylation is 1. The molecule has 1 fully saturated rings. The molecule has 0 aliphatic carbocycles. The van der Waals surface area contributed by atoms with Gasteiger partial charge in [0.05, 0.1) is 10.2 Å². The standard InChI is InChI=1S/C15H18ClN3OS/c1-9-12(16)5-6-13-14(9)18-15(21-13)19-7-3-4-11(8-19)17-10(2)20/h5-6,11H,3-4,7-8H2,1-2H3,(H,17,20). The van der Waals surface area contributed by atoms with Crippen molar-refractivity contribution in [2.75, 3.05) is 18.0 Å². The third kappa shape index (κ3) is 2.99. The lowest BCUT2D eigenvalue weighted by molar-refractivity contribution is -0.119. The maximum Gasteiger partial charge on any atom is 0.217 e. The Labute approximate surface area is 133 Å². The van der Waals surface area contributed by atoms with Gasteiger partial charge in [0.25, 0.3) is 0 Å². The van der Waals surface area contributed by atoms with E-state index in [1.54, 1.807) is 18.3 Å². The molecular formula is C15H18ClN3OS. The second-order valence-electron chi connectivity index (χ2n) is 5.50. The molecule has 0 bridgehead atoms. The Morgan fingerprint density at radius 2 is 2.33 bits per heavy atom. The number of carbonyl (C=O) groups is 1. The molecule has 1 saturated heterocycles. The van der Waals surface area contributed by atoms with Crippen LogP contribution in [-0.4, -0.2) is 30.0 Å². The van der Waals surface area contributed by atoms with Gasteiger partial charge in [0.1, 0.15) is 0 Å². The average Bonchev–Trinajstić information content (AvgIpc) is 2.87. The monoisotopic (exact) mass is 323 g/mol. The molecule has 1 aliphatic rings. The van der Waals surface area contributed by atoms with E-state index < -0.39 is 0 Å². The van der Waals surface area contributed by atoms with E-state index in [0.717, 1.165) is 51.9 Å². The molecule has 1 aromatic carbocycles. The summed E-state index contributed by atoms with van der Waals surface area (Å²) in [5.74, 6) is 0.0359. The zero-order valence-corrected chi connectivity index (χ0v) is 13.7.